The van der Waals surface area contributed by atoms with Crippen LogP contribution in [0.4, 0.5) is 4.79 Å². The van der Waals surface area contributed by atoms with E-state index in [4.69, 9.17) is 11.6 Å². The SMILES string of the molecule is O=C(CN1CCN(Cc2ccc(-c3ccccc3Cl)s2)CC1)NC(=O)NC1CC1. The van der Waals surface area contributed by atoms with Crippen molar-refractivity contribution in [3.8, 4) is 10.4 Å². The quantitative estimate of drug-likeness (QED) is 0.735. The van der Waals surface area contributed by atoms with Crippen LogP contribution < -0.4 is 10.6 Å². The van der Waals surface area contributed by atoms with Gasteiger partial charge in [-0.3, -0.25) is 19.9 Å². The molecule has 4 rings (SSSR count). The maximum atomic E-state index is 12.0. The van der Waals surface area contributed by atoms with Crippen LogP contribution >= 0.6 is 22.9 Å². The second kappa shape index (κ2) is 9.26. The van der Waals surface area contributed by atoms with Gasteiger partial charge in [-0.25, -0.2) is 4.79 Å². The minimum Gasteiger partial charge on any atom is -0.335 e. The van der Waals surface area contributed by atoms with E-state index in [9.17, 15) is 9.59 Å². The first kappa shape index (κ1) is 20.3. The number of carbonyl (C=O) groups is 2. The van der Waals surface area contributed by atoms with Crippen molar-refractivity contribution < 1.29 is 9.59 Å². The van der Waals surface area contributed by atoms with E-state index in [0.717, 1.165) is 56.2 Å². The first-order valence-electron chi connectivity index (χ1n) is 9.95. The molecule has 1 saturated carbocycles. The van der Waals surface area contributed by atoms with Crippen molar-refractivity contribution in [3.63, 3.8) is 0 Å². The van der Waals surface area contributed by atoms with Crippen molar-refractivity contribution in [2.45, 2.75) is 25.4 Å². The van der Waals surface area contributed by atoms with Gasteiger partial charge in [0.05, 0.1) is 6.54 Å². The molecule has 6 nitrogen and oxygen atoms in total. The molecular formula is C21H25ClN4O2S. The third-order valence-corrected chi connectivity index (χ3v) is 6.61. The van der Waals surface area contributed by atoms with Crippen molar-refractivity contribution in [3.05, 3.63) is 46.3 Å². The molecule has 1 aliphatic carbocycles. The number of imide groups is 1. The van der Waals surface area contributed by atoms with E-state index in [1.54, 1.807) is 11.3 Å². The Labute approximate surface area is 179 Å². The van der Waals surface area contributed by atoms with Crippen LogP contribution in [0.15, 0.2) is 36.4 Å². The Bertz CT molecular complexity index is 875. The molecule has 29 heavy (non-hydrogen) atoms. The van der Waals surface area contributed by atoms with E-state index in [0.29, 0.717) is 0 Å². The van der Waals surface area contributed by atoms with Crippen molar-refractivity contribution in [2.75, 3.05) is 32.7 Å². The van der Waals surface area contributed by atoms with Gasteiger partial charge in [-0.05, 0) is 31.0 Å². The molecule has 2 fully saturated rings. The Balaban J connectivity index is 1.21. The summed E-state index contributed by atoms with van der Waals surface area (Å²) in [6.45, 7) is 4.61. The third kappa shape index (κ3) is 5.79. The van der Waals surface area contributed by atoms with Gasteiger partial charge < -0.3 is 5.32 Å². The summed E-state index contributed by atoms with van der Waals surface area (Å²) < 4.78 is 0. The Morgan fingerprint density at radius 2 is 1.76 bits per heavy atom. The van der Waals surface area contributed by atoms with Crippen LogP contribution in [0.1, 0.15) is 17.7 Å². The smallest absolute Gasteiger partial charge is 0.321 e. The van der Waals surface area contributed by atoms with Gasteiger partial charge in [-0.15, -0.1) is 11.3 Å². The van der Waals surface area contributed by atoms with Crippen LogP contribution in [0.5, 0.6) is 0 Å². The number of hydrogen-bond donors (Lipinski definition) is 2. The predicted molar refractivity (Wildman–Crippen MR) is 116 cm³/mol. The molecule has 3 amide bonds. The molecule has 154 valence electrons. The van der Waals surface area contributed by atoms with Gasteiger partial charge in [0.25, 0.3) is 0 Å². The maximum absolute atomic E-state index is 12.0. The maximum Gasteiger partial charge on any atom is 0.321 e. The fraction of sp³-hybridized carbons (Fsp3) is 0.429. The molecule has 1 aromatic carbocycles. The van der Waals surface area contributed by atoms with Crippen LogP contribution in [-0.4, -0.2) is 60.5 Å². The second-order valence-electron chi connectivity index (χ2n) is 7.59. The Kier molecular flexibility index (Phi) is 6.50. The highest BCUT2D eigenvalue weighted by molar-refractivity contribution is 7.15. The summed E-state index contributed by atoms with van der Waals surface area (Å²) >= 11 is 8.08. The molecule has 2 N–H and O–H groups in total. The lowest BCUT2D eigenvalue weighted by molar-refractivity contribution is -0.121. The zero-order chi connectivity index (χ0) is 20.2. The van der Waals surface area contributed by atoms with Crippen molar-refractivity contribution in [1.82, 2.24) is 20.4 Å². The van der Waals surface area contributed by atoms with Gasteiger partial charge >= 0.3 is 6.03 Å². The lowest BCUT2D eigenvalue weighted by Gasteiger charge is -2.33. The monoisotopic (exact) mass is 432 g/mol. The minimum absolute atomic E-state index is 0.237. The van der Waals surface area contributed by atoms with Gasteiger partial charge in [-0.2, -0.15) is 0 Å². The normalized spacial score (nSPS) is 17.8. The summed E-state index contributed by atoms with van der Waals surface area (Å²) in [5.74, 6) is -0.237. The summed E-state index contributed by atoms with van der Waals surface area (Å²) in [4.78, 5) is 30.7. The molecule has 0 spiro atoms. The van der Waals surface area contributed by atoms with Crippen LogP contribution in [0.3, 0.4) is 0 Å². The van der Waals surface area contributed by atoms with E-state index in [1.165, 1.54) is 9.75 Å². The molecule has 1 aliphatic heterocycles. The number of rotatable bonds is 6. The average molecular weight is 433 g/mol. The highest BCUT2D eigenvalue weighted by Gasteiger charge is 2.25. The van der Waals surface area contributed by atoms with E-state index in [2.05, 4.69) is 32.6 Å². The second-order valence-corrected chi connectivity index (χ2v) is 9.17. The fourth-order valence-electron chi connectivity index (χ4n) is 3.41. The lowest BCUT2D eigenvalue weighted by atomic mass is 10.2. The Hall–Kier alpha value is -1.93. The summed E-state index contributed by atoms with van der Waals surface area (Å²) in [5, 5.41) is 5.96. The summed E-state index contributed by atoms with van der Waals surface area (Å²) in [6, 6.07) is 12.1. The van der Waals surface area contributed by atoms with Crippen molar-refractivity contribution >= 4 is 34.9 Å². The molecule has 2 aromatic rings. The Morgan fingerprint density at radius 1 is 1.03 bits per heavy atom. The lowest BCUT2D eigenvalue weighted by Crippen LogP contribution is -2.50. The van der Waals surface area contributed by atoms with Gasteiger partial charge in [-0.1, -0.05) is 29.8 Å². The van der Waals surface area contributed by atoms with E-state index in [1.807, 2.05) is 24.3 Å². The number of thiophene rings is 1. The number of carbonyl (C=O) groups excluding carboxylic acids is 2. The van der Waals surface area contributed by atoms with Gasteiger partial charge in [0, 0.05) is 59.1 Å². The molecule has 8 heteroatoms. The number of nitrogens with zero attached hydrogens (tertiary/aromatic N) is 2. The molecule has 0 bridgehead atoms. The third-order valence-electron chi connectivity index (χ3n) is 5.18. The predicted octanol–water partition coefficient (Wildman–Crippen LogP) is 3.17. The van der Waals surface area contributed by atoms with Gasteiger partial charge in [0.1, 0.15) is 0 Å². The molecule has 0 unspecified atom stereocenters. The van der Waals surface area contributed by atoms with Gasteiger partial charge in [0.15, 0.2) is 0 Å². The van der Waals surface area contributed by atoms with E-state index in [-0.39, 0.29) is 24.5 Å². The molecule has 2 heterocycles. The highest BCUT2D eigenvalue weighted by atomic mass is 35.5. The van der Waals surface area contributed by atoms with Crippen LogP contribution in [0.2, 0.25) is 5.02 Å². The van der Waals surface area contributed by atoms with E-state index < -0.39 is 0 Å². The van der Waals surface area contributed by atoms with Crippen LogP contribution in [0, 0.1) is 0 Å². The zero-order valence-electron chi connectivity index (χ0n) is 16.2. The molecule has 0 radical (unpaired) electrons. The topological polar surface area (TPSA) is 64.7 Å². The minimum atomic E-state index is -0.372. The average Bonchev–Trinajstić information content (AvgIpc) is 3.38. The van der Waals surface area contributed by atoms with Crippen LogP contribution in [0.25, 0.3) is 10.4 Å². The van der Waals surface area contributed by atoms with E-state index >= 15 is 0 Å². The van der Waals surface area contributed by atoms with Crippen LogP contribution in [-0.2, 0) is 11.3 Å². The number of hydrogen-bond acceptors (Lipinski definition) is 5. The van der Waals surface area contributed by atoms with Crippen molar-refractivity contribution in [1.29, 1.82) is 0 Å². The summed E-state index contributed by atoms with van der Waals surface area (Å²) in [7, 11) is 0. The zero-order valence-corrected chi connectivity index (χ0v) is 17.8. The van der Waals surface area contributed by atoms with Gasteiger partial charge in [0.2, 0.25) is 5.91 Å². The Morgan fingerprint density at radius 3 is 2.48 bits per heavy atom. The molecular weight excluding hydrogens is 408 g/mol. The number of halogens is 1. The fourth-order valence-corrected chi connectivity index (χ4v) is 4.80. The number of benzene rings is 1. The molecule has 1 saturated heterocycles. The molecule has 2 aliphatic rings. The largest absolute Gasteiger partial charge is 0.335 e. The first-order valence-corrected chi connectivity index (χ1v) is 11.1. The first-order chi connectivity index (χ1) is 14.1. The standard InChI is InChI=1S/C21H25ClN4O2S/c22-18-4-2-1-3-17(18)19-8-7-16(29-19)13-25-9-11-26(12-10-25)14-20(27)24-21(28)23-15-5-6-15/h1-4,7-8,15H,5-6,9-14H2,(H2,23,24,27,28). The number of piperazine rings is 1. The number of urea groups is 1. The highest BCUT2D eigenvalue weighted by Crippen LogP contribution is 2.33. The number of nitrogens with one attached hydrogen (secondary N) is 2. The summed E-state index contributed by atoms with van der Waals surface area (Å²) in [6.07, 6.45) is 2.02. The molecule has 1 aromatic heterocycles. The number of amides is 3. The summed E-state index contributed by atoms with van der Waals surface area (Å²) in [5.41, 5.74) is 1.08. The van der Waals surface area contributed by atoms with Crippen molar-refractivity contribution in [2.24, 2.45) is 0 Å². The molecule has 0 atom stereocenters.